The Morgan fingerprint density at radius 2 is 2.08 bits per heavy atom. The summed E-state index contributed by atoms with van der Waals surface area (Å²) in [5, 5.41) is 17.4. The molecule has 1 aromatic carbocycles. The van der Waals surface area contributed by atoms with Gasteiger partial charge in [0.05, 0.1) is 6.61 Å². The van der Waals surface area contributed by atoms with Gasteiger partial charge in [0.15, 0.2) is 6.79 Å². The molecule has 0 saturated carbocycles. The summed E-state index contributed by atoms with van der Waals surface area (Å²) in [5.41, 5.74) is 0.651. The van der Waals surface area contributed by atoms with Crippen LogP contribution in [-0.2, 0) is 6.61 Å². The lowest BCUT2D eigenvalue weighted by Gasteiger charge is -2.07. The van der Waals surface area contributed by atoms with Crippen LogP contribution in [0.4, 0.5) is 0 Å². The first-order valence-corrected chi connectivity index (χ1v) is 4.20. The summed E-state index contributed by atoms with van der Waals surface area (Å²) < 4.78 is 5.73. The van der Waals surface area contributed by atoms with E-state index in [4.69, 9.17) is 14.9 Å². The molecule has 0 saturated heterocycles. The molecule has 0 amide bonds. The first-order valence-electron chi connectivity index (χ1n) is 3.41. The Bertz CT molecular complexity index is 262. The smallest absolute Gasteiger partial charge is 0.186 e. The van der Waals surface area contributed by atoms with Gasteiger partial charge < -0.3 is 14.9 Å². The zero-order valence-corrected chi connectivity index (χ0v) is 7.91. The third kappa shape index (κ3) is 2.20. The molecule has 0 aliphatic carbocycles. The van der Waals surface area contributed by atoms with Crippen molar-refractivity contribution in [3.05, 3.63) is 28.2 Å². The van der Waals surface area contributed by atoms with Crippen LogP contribution in [0.2, 0.25) is 0 Å². The minimum absolute atomic E-state index is 0.102. The first-order chi connectivity index (χ1) is 5.77. The maximum Gasteiger partial charge on any atom is 0.186 e. The molecular formula is C8H9BrO3. The molecule has 12 heavy (non-hydrogen) atoms. The second kappa shape index (κ2) is 4.45. The van der Waals surface area contributed by atoms with Crippen molar-refractivity contribution in [2.75, 3.05) is 6.79 Å². The number of aliphatic hydroxyl groups excluding tert-OH is 2. The van der Waals surface area contributed by atoms with Gasteiger partial charge in [0.1, 0.15) is 5.75 Å². The summed E-state index contributed by atoms with van der Waals surface area (Å²) in [6.07, 6.45) is 0. The lowest BCUT2D eigenvalue weighted by Crippen LogP contribution is -1.98. The van der Waals surface area contributed by atoms with E-state index in [1.165, 1.54) is 0 Å². The van der Waals surface area contributed by atoms with E-state index in [0.717, 1.165) is 4.47 Å². The molecule has 1 rings (SSSR count). The summed E-state index contributed by atoms with van der Waals surface area (Å²) in [4.78, 5) is 0. The fourth-order valence-electron chi connectivity index (χ4n) is 0.882. The van der Waals surface area contributed by atoms with Crippen molar-refractivity contribution in [3.8, 4) is 5.75 Å². The van der Waals surface area contributed by atoms with Crippen LogP contribution in [0.5, 0.6) is 5.75 Å². The second-order valence-electron chi connectivity index (χ2n) is 2.18. The van der Waals surface area contributed by atoms with Crippen LogP contribution in [0.1, 0.15) is 5.56 Å². The number of halogens is 1. The topological polar surface area (TPSA) is 49.7 Å². The number of ether oxygens (including phenoxy) is 1. The number of hydrogen-bond donors (Lipinski definition) is 2. The van der Waals surface area contributed by atoms with Gasteiger partial charge in [-0.25, -0.2) is 0 Å². The van der Waals surface area contributed by atoms with E-state index in [-0.39, 0.29) is 13.4 Å². The van der Waals surface area contributed by atoms with Crippen LogP contribution in [0.15, 0.2) is 22.7 Å². The molecular weight excluding hydrogens is 224 g/mol. The third-order valence-corrected chi connectivity index (χ3v) is 1.91. The maximum atomic E-state index is 8.89. The van der Waals surface area contributed by atoms with Crippen LogP contribution in [-0.4, -0.2) is 17.0 Å². The predicted molar refractivity (Wildman–Crippen MR) is 47.8 cm³/mol. The van der Waals surface area contributed by atoms with Crippen molar-refractivity contribution in [2.45, 2.75) is 6.61 Å². The molecule has 0 unspecified atom stereocenters. The Balaban J connectivity index is 2.94. The van der Waals surface area contributed by atoms with Crippen LogP contribution in [0.3, 0.4) is 0 Å². The predicted octanol–water partition coefficient (Wildman–Crippen LogP) is 1.27. The summed E-state index contributed by atoms with van der Waals surface area (Å²) >= 11 is 3.26. The molecule has 3 nitrogen and oxygen atoms in total. The maximum absolute atomic E-state index is 8.89. The molecule has 0 aliphatic heterocycles. The van der Waals surface area contributed by atoms with E-state index >= 15 is 0 Å². The van der Waals surface area contributed by atoms with Crippen LogP contribution < -0.4 is 4.74 Å². The van der Waals surface area contributed by atoms with Gasteiger partial charge in [-0.3, -0.25) is 0 Å². The largest absolute Gasteiger partial charge is 0.467 e. The van der Waals surface area contributed by atoms with Gasteiger partial charge in [-0.05, 0) is 18.2 Å². The van der Waals surface area contributed by atoms with E-state index in [9.17, 15) is 0 Å². The molecule has 0 spiro atoms. The van der Waals surface area contributed by atoms with E-state index in [2.05, 4.69) is 15.9 Å². The molecule has 0 atom stereocenters. The van der Waals surface area contributed by atoms with E-state index in [1.807, 2.05) is 0 Å². The van der Waals surface area contributed by atoms with Gasteiger partial charge in [-0.1, -0.05) is 15.9 Å². The average Bonchev–Trinajstić information content (AvgIpc) is 2.08. The monoisotopic (exact) mass is 232 g/mol. The molecule has 0 bridgehead atoms. The van der Waals surface area contributed by atoms with Crippen LogP contribution >= 0.6 is 15.9 Å². The van der Waals surface area contributed by atoms with Crippen molar-refractivity contribution >= 4 is 15.9 Å². The molecule has 66 valence electrons. The van der Waals surface area contributed by atoms with Gasteiger partial charge in [-0.15, -0.1) is 0 Å². The highest BCUT2D eigenvalue weighted by Gasteiger charge is 2.02. The Morgan fingerprint density at radius 3 is 2.67 bits per heavy atom. The van der Waals surface area contributed by atoms with E-state index in [1.54, 1.807) is 18.2 Å². The lowest BCUT2D eigenvalue weighted by molar-refractivity contribution is 0.0959. The Morgan fingerprint density at radius 1 is 1.33 bits per heavy atom. The molecule has 0 radical (unpaired) electrons. The minimum atomic E-state index is -0.380. The quantitative estimate of drug-likeness (QED) is 0.773. The number of rotatable bonds is 3. The van der Waals surface area contributed by atoms with Crippen molar-refractivity contribution < 1.29 is 14.9 Å². The van der Waals surface area contributed by atoms with Gasteiger partial charge in [0.25, 0.3) is 0 Å². The standard InChI is InChI=1S/C8H9BrO3/c9-7-1-2-8(12-5-11)6(3-7)4-10/h1-3,10-11H,4-5H2. The Kier molecular flexibility index (Phi) is 3.52. The molecule has 0 aromatic heterocycles. The van der Waals surface area contributed by atoms with E-state index < -0.39 is 0 Å². The first kappa shape index (κ1) is 9.51. The summed E-state index contributed by atoms with van der Waals surface area (Å²) in [6.45, 7) is -0.483. The summed E-state index contributed by atoms with van der Waals surface area (Å²) in [7, 11) is 0. The van der Waals surface area contributed by atoms with Crippen molar-refractivity contribution in [3.63, 3.8) is 0 Å². The molecule has 4 heteroatoms. The van der Waals surface area contributed by atoms with Gasteiger partial charge in [-0.2, -0.15) is 0 Å². The zero-order valence-electron chi connectivity index (χ0n) is 6.33. The highest BCUT2D eigenvalue weighted by Crippen LogP contribution is 2.22. The van der Waals surface area contributed by atoms with Gasteiger partial charge in [0, 0.05) is 10.0 Å². The fraction of sp³-hybridized carbons (Fsp3) is 0.250. The highest BCUT2D eigenvalue weighted by molar-refractivity contribution is 9.10. The number of hydrogen-bond acceptors (Lipinski definition) is 3. The van der Waals surface area contributed by atoms with Crippen molar-refractivity contribution in [1.29, 1.82) is 0 Å². The number of aliphatic hydroxyl groups is 2. The third-order valence-electron chi connectivity index (χ3n) is 1.41. The summed E-state index contributed by atoms with van der Waals surface area (Å²) in [6, 6.07) is 5.21. The SMILES string of the molecule is OCOc1ccc(Br)cc1CO. The van der Waals surface area contributed by atoms with Crippen molar-refractivity contribution in [1.82, 2.24) is 0 Å². The number of benzene rings is 1. The van der Waals surface area contributed by atoms with Crippen LogP contribution in [0, 0.1) is 0 Å². The zero-order chi connectivity index (χ0) is 8.97. The Labute approximate surface area is 78.7 Å². The lowest BCUT2D eigenvalue weighted by atomic mass is 10.2. The van der Waals surface area contributed by atoms with Crippen molar-refractivity contribution in [2.24, 2.45) is 0 Å². The molecule has 0 heterocycles. The Hall–Kier alpha value is -0.580. The minimum Gasteiger partial charge on any atom is -0.467 e. The van der Waals surface area contributed by atoms with Crippen LogP contribution in [0.25, 0.3) is 0 Å². The molecule has 2 N–H and O–H groups in total. The van der Waals surface area contributed by atoms with E-state index in [0.29, 0.717) is 11.3 Å². The second-order valence-corrected chi connectivity index (χ2v) is 3.10. The highest BCUT2D eigenvalue weighted by atomic mass is 79.9. The molecule has 0 fully saturated rings. The molecule has 0 aliphatic rings. The van der Waals surface area contributed by atoms with Gasteiger partial charge >= 0.3 is 0 Å². The average molecular weight is 233 g/mol. The fourth-order valence-corrected chi connectivity index (χ4v) is 1.29. The molecule has 1 aromatic rings. The van der Waals surface area contributed by atoms with Gasteiger partial charge in [0.2, 0.25) is 0 Å². The normalized spacial score (nSPS) is 9.92. The summed E-state index contributed by atoms with van der Waals surface area (Å²) in [5.74, 6) is 0.503.